The van der Waals surface area contributed by atoms with Crippen LogP contribution in [-0.4, -0.2) is 35.0 Å². The Balaban J connectivity index is 2.46. The van der Waals surface area contributed by atoms with Gasteiger partial charge in [-0.3, -0.25) is 9.59 Å². The molecule has 1 N–H and O–H groups in total. The lowest BCUT2D eigenvalue weighted by Crippen LogP contribution is -2.42. The summed E-state index contributed by atoms with van der Waals surface area (Å²) in [6.07, 6.45) is 2.24. The Bertz CT molecular complexity index is 875. The summed E-state index contributed by atoms with van der Waals surface area (Å²) in [7, 11) is 0. The van der Waals surface area contributed by atoms with E-state index in [1.807, 2.05) is 41.5 Å². The molecule has 0 spiro atoms. The zero-order valence-corrected chi connectivity index (χ0v) is 20.0. The molecule has 0 unspecified atom stereocenters. The number of ether oxygens (including phenoxy) is 1. The van der Waals surface area contributed by atoms with Crippen molar-refractivity contribution in [2.75, 3.05) is 13.2 Å². The van der Waals surface area contributed by atoms with E-state index in [9.17, 15) is 9.59 Å². The largest absolute Gasteiger partial charge is 0.491 e. The van der Waals surface area contributed by atoms with E-state index in [4.69, 9.17) is 21.4 Å². The zero-order valence-electron chi connectivity index (χ0n) is 19.2. The summed E-state index contributed by atoms with van der Waals surface area (Å²) in [6, 6.07) is 3.31. The van der Waals surface area contributed by atoms with Crippen molar-refractivity contribution in [3.8, 4) is 5.75 Å². The number of rotatable bonds is 8. The molecule has 172 valence electrons. The summed E-state index contributed by atoms with van der Waals surface area (Å²) < 4.78 is 21.2. The number of allylic oxidation sites excluding steroid dienone is 1. The molecule has 1 aromatic rings. The summed E-state index contributed by atoms with van der Waals surface area (Å²) in [5.74, 6) is -1.24. The Kier molecular flexibility index (Phi) is 7.79. The van der Waals surface area contributed by atoms with Crippen molar-refractivity contribution in [2.45, 2.75) is 66.2 Å². The maximum absolute atomic E-state index is 15.5. The average Bonchev–Trinajstić information content (AvgIpc) is 2.62. The molecule has 1 aliphatic rings. The van der Waals surface area contributed by atoms with Gasteiger partial charge < -0.3 is 14.7 Å². The standard InChI is InChI=1S/C24H33ClFNO4/c1-15(2)11-16-13-27(10-9-20(29)30)19(28)12-24(16,6)17-7-8-18(21(25)22(17)26)31-14-23(3,4)5/h7-8,13,15H,9-12,14H2,1-6H3,(H,29,30)/t24-/m1/s1. The fourth-order valence-corrected chi connectivity index (χ4v) is 3.89. The molecule has 1 atom stereocenters. The molecule has 0 aliphatic carbocycles. The lowest BCUT2D eigenvalue weighted by atomic mass is 9.69. The number of carbonyl (C=O) groups is 2. The molecule has 0 fully saturated rings. The van der Waals surface area contributed by atoms with Gasteiger partial charge in [0.25, 0.3) is 0 Å². The van der Waals surface area contributed by atoms with E-state index in [0.29, 0.717) is 18.6 Å². The number of nitrogens with zero attached hydrogens (tertiary/aromatic N) is 1. The highest BCUT2D eigenvalue weighted by molar-refractivity contribution is 6.32. The molecule has 0 radical (unpaired) electrons. The van der Waals surface area contributed by atoms with Crippen LogP contribution >= 0.6 is 11.6 Å². The number of amides is 1. The lowest BCUT2D eigenvalue weighted by molar-refractivity contribution is -0.138. The van der Waals surface area contributed by atoms with Gasteiger partial charge in [-0.2, -0.15) is 0 Å². The van der Waals surface area contributed by atoms with Crippen LogP contribution in [0.2, 0.25) is 5.02 Å². The molecule has 7 heteroatoms. The van der Waals surface area contributed by atoms with Gasteiger partial charge >= 0.3 is 5.97 Å². The second kappa shape index (κ2) is 9.60. The minimum Gasteiger partial charge on any atom is -0.491 e. The predicted molar refractivity (Wildman–Crippen MR) is 120 cm³/mol. The average molecular weight is 454 g/mol. The molecule has 0 aromatic heterocycles. The van der Waals surface area contributed by atoms with Crippen LogP contribution < -0.4 is 4.74 Å². The van der Waals surface area contributed by atoms with Gasteiger partial charge in [-0.05, 0) is 29.4 Å². The number of hydrogen-bond donors (Lipinski definition) is 1. The number of carbonyl (C=O) groups excluding carboxylic acids is 1. The number of halogens is 2. The van der Waals surface area contributed by atoms with Crippen molar-refractivity contribution in [1.82, 2.24) is 4.90 Å². The topological polar surface area (TPSA) is 66.8 Å². The van der Waals surface area contributed by atoms with E-state index in [-0.39, 0.29) is 47.4 Å². The third kappa shape index (κ3) is 6.22. The summed E-state index contributed by atoms with van der Waals surface area (Å²) in [6.45, 7) is 12.5. The normalized spacial score (nSPS) is 19.6. The Morgan fingerprint density at radius 2 is 2.00 bits per heavy atom. The second-order valence-electron chi connectivity index (χ2n) is 10.1. The van der Waals surface area contributed by atoms with Crippen LogP contribution in [0.3, 0.4) is 0 Å². The van der Waals surface area contributed by atoms with Crippen molar-refractivity contribution in [3.05, 3.63) is 40.3 Å². The first-order chi connectivity index (χ1) is 14.2. The van der Waals surface area contributed by atoms with E-state index in [2.05, 4.69) is 0 Å². The molecular formula is C24H33ClFNO4. The Labute approximate surface area is 189 Å². The maximum Gasteiger partial charge on any atom is 0.305 e. The maximum atomic E-state index is 15.5. The van der Waals surface area contributed by atoms with Gasteiger partial charge in [-0.1, -0.05) is 59.2 Å². The smallest absolute Gasteiger partial charge is 0.305 e. The summed E-state index contributed by atoms with van der Waals surface area (Å²) >= 11 is 6.33. The van der Waals surface area contributed by atoms with E-state index in [1.165, 1.54) is 4.90 Å². The third-order valence-corrected chi connectivity index (χ3v) is 5.69. The highest BCUT2D eigenvalue weighted by Gasteiger charge is 2.41. The molecule has 1 aromatic carbocycles. The van der Waals surface area contributed by atoms with E-state index < -0.39 is 17.2 Å². The Morgan fingerprint density at radius 3 is 2.55 bits per heavy atom. The van der Waals surface area contributed by atoms with Crippen LogP contribution in [0, 0.1) is 17.2 Å². The molecule has 0 saturated carbocycles. The molecule has 0 saturated heterocycles. The number of carboxylic acid groups (broad SMARTS) is 1. The first-order valence-electron chi connectivity index (χ1n) is 10.6. The minimum absolute atomic E-state index is 0.0423. The van der Waals surface area contributed by atoms with Gasteiger partial charge in [-0.15, -0.1) is 0 Å². The molecule has 31 heavy (non-hydrogen) atoms. The summed E-state index contributed by atoms with van der Waals surface area (Å²) in [5, 5.41) is 8.88. The minimum atomic E-state index is -0.969. The van der Waals surface area contributed by atoms with Crippen molar-refractivity contribution < 1.29 is 23.8 Å². The Hall–Kier alpha value is -2.08. The van der Waals surface area contributed by atoms with Crippen LogP contribution in [-0.2, 0) is 15.0 Å². The second-order valence-corrected chi connectivity index (χ2v) is 10.5. The fourth-order valence-electron chi connectivity index (χ4n) is 3.68. The van der Waals surface area contributed by atoms with Crippen molar-refractivity contribution in [2.24, 2.45) is 11.3 Å². The van der Waals surface area contributed by atoms with Crippen LogP contribution in [0.5, 0.6) is 5.75 Å². The quantitative estimate of drug-likeness (QED) is 0.540. The van der Waals surface area contributed by atoms with E-state index in [0.717, 1.165) is 5.57 Å². The fraction of sp³-hybridized carbons (Fsp3) is 0.583. The first-order valence-corrected chi connectivity index (χ1v) is 11.0. The molecule has 2 rings (SSSR count). The highest BCUT2D eigenvalue weighted by atomic mass is 35.5. The SMILES string of the molecule is CC(C)CC1=CN(CCC(=O)O)C(=O)C[C@@]1(C)c1ccc(OCC(C)(C)C)c(Cl)c1F. The molecule has 0 bridgehead atoms. The number of benzene rings is 1. The van der Waals surface area contributed by atoms with Crippen LogP contribution in [0.15, 0.2) is 23.9 Å². The van der Waals surface area contributed by atoms with Crippen LogP contribution in [0.25, 0.3) is 0 Å². The van der Waals surface area contributed by atoms with Gasteiger partial charge in [0, 0.05) is 30.1 Å². The van der Waals surface area contributed by atoms with Gasteiger partial charge in [-0.25, -0.2) is 4.39 Å². The van der Waals surface area contributed by atoms with Crippen molar-refractivity contribution >= 4 is 23.5 Å². The molecule has 1 amide bonds. The molecule has 5 nitrogen and oxygen atoms in total. The van der Waals surface area contributed by atoms with Gasteiger partial charge in [0.1, 0.15) is 16.6 Å². The van der Waals surface area contributed by atoms with E-state index >= 15 is 4.39 Å². The van der Waals surface area contributed by atoms with Crippen LogP contribution in [0.1, 0.15) is 66.4 Å². The summed E-state index contributed by atoms with van der Waals surface area (Å²) in [5.41, 5.74) is 0.244. The third-order valence-electron chi connectivity index (χ3n) is 5.34. The van der Waals surface area contributed by atoms with Crippen molar-refractivity contribution in [1.29, 1.82) is 0 Å². The van der Waals surface area contributed by atoms with E-state index in [1.54, 1.807) is 18.3 Å². The lowest BCUT2D eigenvalue weighted by Gasteiger charge is -2.40. The van der Waals surface area contributed by atoms with Gasteiger partial charge in [0.15, 0.2) is 0 Å². The zero-order chi connectivity index (χ0) is 23.6. The molecule has 1 aliphatic heterocycles. The van der Waals surface area contributed by atoms with Gasteiger partial charge in [0.05, 0.1) is 13.0 Å². The van der Waals surface area contributed by atoms with Crippen LogP contribution in [0.4, 0.5) is 4.39 Å². The summed E-state index contributed by atoms with van der Waals surface area (Å²) in [4.78, 5) is 25.2. The Morgan fingerprint density at radius 1 is 1.35 bits per heavy atom. The number of carboxylic acids is 1. The number of hydrogen-bond acceptors (Lipinski definition) is 3. The number of aliphatic carboxylic acids is 1. The monoisotopic (exact) mass is 453 g/mol. The van der Waals surface area contributed by atoms with Gasteiger partial charge in [0.2, 0.25) is 5.91 Å². The molecule has 1 heterocycles. The molecular weight excluding hydrogens is 421 g/mol. The highest BCUT2D eigenvalue weighted by Crippen LogP contribution is 2.45. The predicted octanol–water partition coefficient (Wildman–Crippen LogP) is 5.80. The first kappa shape index (κ1) is 25.2. The van der Waals surface area contributed by atoms with Crippen molar-refractivity contribution in [3.63, 3.8) is 0 Å².